The third kappa shape index (κ3) is 9.43. The number of primary amides is 1. The number of likely N-dealkylation sites (tertiary alicyclic amines) is 1. The smallest absolute Gasteiger partial charge is 0.248 e. The van der Waals surface area contributed by atoms with Crippen LogP contribution in [0.4, 0.5) is 0 Å². The van der Waals surface area contributed by atoms with Gasteiger partial charge in [-0.05, 0) is 79.2 Å². The number of aromatic nitrogens is 1. The molecule has 0 spiro atoms. The van der Waals surface area contributed by atoms with Gasteiger partial charge in [0.2, 0.25) is 11.5 Å². The number of aliphatic hydroxyl groups excluding tert-OH is 1. The highest BCUT2D eigenvalue weighted by molar-refractivity contribution is 5.91. The molecule has 0 bridgehead atoms. The number of carbonyl (C=O) groups excluding carboxylic acids is 1. The van der Waals surface area contributed by atoms with Crippen LogP contribution in [0.2, 0.25) is 0 Å². The Morgan fingerprint density at radius 3 is 2.11 bits per heavy atom. The van der Waals surface area contributed by atoms with E-state index in [-0.39, 0.29) is 17.4 Å². The monoisotopic (exact) mass is 714 g/mol. The summed E-state index contributed by atoms with van der Waals surface area (Å²) >= 11 is 0. The number of nitrogens with two attached hydrogens (primary N) is 1. The molecule has 1 aromatic heterocycles. The van der Waals surface area contributed by atoms with Gasteiger partial charge in [0, 0.05) is 24.5 Å². The molecular formula is C45H54N4O4. The van der Waals surface area contributed by atoms with Gasteiger partial charge in [-0.2, -0.15) is 0 Å². The molecule has 5 aromatic rings. The molecule has 1 saturated heterocycles. The first-order chi connectivity index (χ1) is 26.0. The van der Waals surface area contributed by atoms with Crippen molar-refractivity contribution in [2.24, 2.45) is 11.7 Å². The van der Waals surface area contributed by atoms with Crippen LogP contribution in [0, 0.1) is 5.92 Å². The van der Waals surface area contributed by atoms with E-state index in [0.717, 1.165) is 79.5 Å². The SMILES string of the molecule is NC(=O)C(c1ccccc1)(c1ccccc1)C1CCN(CCCCCCCCCNCC(O)c2ccc(OCc3ccccc3)c3[nH]c(=O)ccc23)C1. The van der Waals surface area contributed by atoms with Crippen molar-refractivity contribution in [1.29, 1.82) is 0 Å². The normalized spacial score (nSPS) is 15.5. The van der Waals surface area contributed by atoms with Crippen LogP contribution in [0.25, 0.3) is 10.9 Å². The zero-order chi connectivity index (χ0) is 36.9. The van der Waals surface area contributed by atoms with Gasteiger partial charge in [-0.25, -0.2) is 0 Å². The van der Waals surface area contributed by atoms with Gasteiger partial charge in [-0.15, -0.1) is 0 Å². The number of rotatable bonds is 20. The Labute approximate surface area is 313 Å². The lowest BCUT2D eigenvalue weighted by atomic mass is 9.64. The highest BCUT2D eigenvalue weighted by Gasteiger charge is 2.49. The molecule has 0 saturated carbocycles. The molecular weight excluding hydrogens is 661 g/mol. The average molecular weight is 715 g/mol. The molecule has 2 atom stereocenters. The maximum absolute atomic E-state index is 13.3. The number of nitrogens with zero attached hydrogens (tertiary/aromatic N) is 1. The third-order valence-corrected chi connectivity index (χ3v) is 10.9. The molecule has 6 rings (SSSR count). The van der Waals surface area contributed by atoms with E-state index in [4.69, 9.17) is 10.5 Å². The number of unbranched alkanes of at least 4 members (excludes halogenated alkanes) is 6. The molecule has 1 fully saturated rings. The Kier molecular flexibility index (Phi) is 13.5. The van der Waals surface area contributed by atoms with Crippen LogP contribution in [0.3, 0.4) is 0 Å². The van der Waals surface area contributed by atoms with E-state index >= 15 is 0 Å². The van der Waals surface area contributed by atoms with Crippen molar-refractivity contribution in [2.45, 2.75) is 69.5 Å². The Morgan fingerprint density at radius 1 is 0.830 bits per heavy atom. The molecule has 278 valence electrons. The molecule has 53 heavy (non-hydrogen) atoms. The van der Waals surface area contributed by atoms with E-state index in [1.54, 1.807) is 6.07 Å². The number of nitrogens with one attached hydrogen (secondary N) is 2. The van der Waals surface area contributed by atoms with Gasteiger partial charge in [-0.3, -0.25) is 9.59 Å². The molecule has 1 aliphatic heterocycles. The second kappa shape index (κ2) is 18.8. The van der Waals surface area contributed by atoms with Crippen LogP contribution >= 0.6 is 0 Å². The molecule has 8 nitrogen and oxygen atoms in total. The fraction of sp³-hybridized carbons (Fsp3) is 0.378. The summed E-state index contributed by atoms with van der Waals surface area (Å²) in [4.78, 5) is 30.9. The first-order valence-corrected chi connectivity index (χ1v) is 19.3. The molecule has 1 amide bonds. The zero-order valence-corrected chi connectivity index (χ0v) is 30.7. The summed E-state index contributed by atoms with van der Waals surface area (Å²) in [6, 6.07) is 37.1. The Bertz CT molecular complexity index is 1890. The van der Waals surface area contributed by atoms with Crippen molar-refractivity contribution in [1.82, 2.24) is 15.2 Å². The number of aliphatic hydroxyl groups is 1. The molecule has 5 N–H and O–H groups in total. The minimum Gasteiger partial charge on any atom is -0.487 e. The number of benzene rings is 4. The van der Waals surface area contributed by atoms with E-state index < -0.39 is 11.5 Å². The summed E-state index contributed by atoms with van der Waals surface area (Å²) < 4.78 is 6.05. The summed E-state index contributed by atoms with van der Waals surface area (Å²) in [5, 5.41) is 15.3. The number of aromatic amines is 1. The van der Waals surface area contributed by atoms with Crippen molar-refractivity contribution in [3.63, 3.8) is 0 Å². The van der Waals surface area contributed by atoms with Crippen LogP contribution in [-0.4, -0.2) is 53.6 Å². The number of amides is 1. The Balaban J connectivity index is 0.877. The summed E-state index contributed by atoms with van der Waals surface area (Å²) in [5.41, 5.74) is 9.61. The predicted octanol–water partition coefficient (Wildman–Crippen LogP) is 7.25. The van der Waals surface area contributed by atoms with Gasteiger partial charge >= 0.3 is 0 Å². The second-order valence-corrected chi connectivity index (χ2v) is 14.4. The lowest BCUT2D eigenvalue weighted by Crippen LogP contribution is -2.49. The van der Waals surface area contributed by atoms with Gasteiger partial charge in [0.25, 0.3) is 0 Å². The lowest BCUT2D eigenvalue weighted by Gasteiger charge is -2.37. The standard InChI is InChI=1S/C45H54N4O4/c46-44(52)45(35-19-11-7-12-20-35,36-21-13-8-14-22-36)37-27-30-49(32-37)29-16-5-3-1-2-4-15-28-47-31-40(50)38-23-25-41(43-39(38)24-26-42(51)48-43)53-33-34-17-9-6-10-18-34/h6-14,17-26,37,40,47,50H,1-5,15-16,27-33H2,(H2,46,52)(H,48,51). The molecule has 0 radical (unpaired) electrons. The fourth-order valence-corrected chi connectivity index (χ4v) is 8.13. The molecule has 0 aliphatic carbocycles. The van der Waals surface area contributed by atoms with Crippen LogP contribution in [0.5, 0.6) is 5.75 Å². The van der Waals surface area contributed by atoms with Gasteiger partial charge in [0.1, 0.15) is 17.8 Å². The van der Waals surface area contributed by atoms with E-state index in [1.165, 1.54) is 31.7 Å². The van der Waals surface area contributed by atoms with Gasteiger partial charge < -0.3 is 30.8 Å². The minimum absolute atomic E-state index is 0.134. The number of ether oxygens (including phenoxy) is 1. The molecule has 1 aliphatic rings. The van der Waals surface area contributed by atoms with E-state index in [0.29, 0.717) is 24.4 Å². The molecule has 2 unspecified atom stereocenters. The van der Waals surface area contributed by atoms with Gasteiger partial charge in [0.15, 0.2) is 0 Å². The first kappa shape index (κ1) is 38.0. The maximum atomic E-state index is 13.3. The van der Waals surface area contributed by atoms with Crippen LogP contribution < -0.4 is 21.3 Å². The summed E-state index contributed by atoms with van der Waals surface area (Å²) in [6.45, 7) is 4.59. The Morgan fingerprint density at radius 2 is 1.45 bits per heavy atom. The Hall–Kier alpha value is -4.76. The van der Waals surface area contributed by atoms with Crippen molar-refractivity contribution in [3.05, 3.63) is 148 Å². The van der Waals surface area contributed by atoms with Crippen molar-refractivity contribution in [3.8, 4) is 5.75 Å². The van der Waals surface area contributed by atoms with Crippen molar-refractivity contribution >= 4 is 16.8 Å². The largest absolute Gasteiger partial charge is 0.487 e. The summed E-state index contributed by atoms with van der Waals surface area (Å²) in [7, 11) is 0. The summed E-state index contributed by atoms with van der Waals surface area (Å²) in [6.07, 6.45) is 8.48. The quantitative estimate of drug-likeness (QED) is 0.0631. The van der Waals surface area contributed by atoms with Crippen LogP contribution in [0.15, 0.2) is 120 Å². The predicted molar refractivity (Wildman–Crippen MR) is 213 cm³/mol. The number of carbonyl (C=O) groups is 1. The number of pyridine rings is 1. The van der Waals surface area contributed by atoms with E-state index in [1.807, 2.05) is 78.9 Å². The van der Waals surface area contributed by atoms with Gasteiger partial charge in [0.05, 0.1) is 11.6 Å². The first-order valence-electron chi connectivity index (χ1n) is 19.3. The van der Waals surface area contributed by atoms with Crippen LogP contribution in [-0.2, 0) is 16.8 Å². The fourth-order valence-electron chi connectivity index (χ4n) is 8.13. The average Bonchev–Trinajstić information content (AvgIpc) is 3.66. The summed E-state index contributed by atoms with van der Waals surface area (Å²) in [5.74, 6) is 0.453. The van der Waals surface area contributed by atoms with Crippen molar-refractivity contribution in [2.75, 3.05) is 32.7 Å². The van der Waals surface area contributed by atoms with E-state index in [2.05, 4.69) is 39.5 Å². The molecule has 4 aromatic carbocycles. The number of fused-ring (bicyclic) bond motifs is 1. The van der Waals surface area contributed by atoms with Gasteiger partial charge in [-0.1, -0.05) is 129 Å². The topological polar surface area (TPSA) is 121 Å². The number of H-pyrrole nitrogens is 1. The van der Waals surface area contributed by atoms with Crippen molar-refractivity contribution < 1.29 is 14.6 Å². The number of hydrogen-bond donors (Lipinski definition) is 4. The molecule has 8 heteroatoms. The maximum Gasteiger partial charge on any atom is 0.248 e. The zero-order valence-electron chi connectivity index (χ0n) is 30.7. The highest BCUT2D eigenvalue weighted by atomic mass is 16.5. The second-order valence-electron chi connectivity index (χ2n) is 14.4. The van der Waals surface area contributed by atoms with E-state index in [9.17, 15) is 14.7 Å². The highest BCUT2D eigenvalue weighted by Crippen LogP contribution is 2.43. The van der Waals surface area contributed by atoms with Crippen LogP contribution in [0.1, 0.15) is 79.7 Å². The molecule has 2 heterocycles. The number of hydrogen-bond acceptors (Lipinski definition) is 6. The lowest BCUT2D eigenvalue weighted by molar-refractivity contribution is -0.123. The minimum atomic E-state index is -0.829. The third-order valence-electron chi connectivity index (χ3n) is 10.9.